The number of aromatic amines is 1. The molecule has 2 N–H and O–H groups in total. The lowest BCUT2D eigenvalue weighted by Gasteiger charge is -2.27. The SMILES string of the molecule is CC[C@](C=N)(Cc1ccccc1)C(=O)c1ccc2[nH]ccc2c1. The zero-order chi connectivity index (χ0) is 16.3. The Morgan fingerprint density at radius 3 is 2.65 bits per heavy atom. The van der Waals surface area contributed by atoms with E-state index in [-0.39, 0.29) is 5.78 Å². The Balaban J connectivity index is 1.98. The van der Waals surface area contributed by atoms with Crippen LogP contribution in [0.4, 0.5) is 0 Å². The van der Waals surface area contributed by atoms with Crippen LogP contribution in [0.25, 0.3) is 10.9 Å². The fourth-order valence-electron chi connectivity index (χ4n) is 3.03. The minimum atomic E-state index is -0.786. The number of Topliss-reactive ketones (excluding diaryl/α,β-unsaturated/α-hetero) is 1. The van der Waals surface area contributed by atoms with Crippen molar-refractivity contribution in [1.82, 2.24) is 4.98 Å². The Morgan fingerprint density at radius 2 is 1.96 bits per heavy atom. The molecule has 0 radical (unpaired) electrons. The number of aromatic nitrogens is 1. The molecule has 1 aromatic heterocycles. The number of fused-ring (bicyclic) bond motifs is 1. The van der Waals surface area contributed by atoms with E-state index in [0.29, 0.717) is 18.4 Å². The van der Waals surface area contributed by atoms with Gasteiger partial charge in [0.05, 0.1) is 5.41 Å². The average Bonchev–Trinajstić information content (AvgIpc) is 3.07. The van der Waals surface area contributed by atoms with Crippen molar-refractivity contribution in [2.24, 2.45) is 5.41 Å². The molecule has 0 fully saturated rings. The molecule has 0 saturated carbocycles. The zero-order valence-electron chi connectivity index (χ0n) is 13.2. The number of rotatable bonds is 6. The van der Waals surface area contributed by atoms with Gasteiger partial charge in [-0.3, -0.25) is 4.79 Å². The molecule has 0 aliphatic carbocycles. The lowest BCUT2D eigenvalue weighted by atomic mass is 9.74. The number of hydrogen-bond donors (Lipinski definition) is 2. The maximum atomic E-state index is 13.1. The van der Waals surface area contributed by atoms with E-state index in [1.165, 1.54) is 6.21 Å². The van der Waals surface area contributed by atoms with Crippen molar-refractivity contribution in [1.29, 1.82) is 5.41 Å². The smallest absolute Gasteiger partial charge is 0.174 e. The predicted molar refractivity (Wildman–Crippen MR) is 94.3 cm³/mol. The van der Waals surface area contributed by atoms with Crippen molar-refractivity contribution >= 4 is 22.9 Å². The third-order valence-corrected chi connectivity index (χ3v) is 4.54. The quantitative estimate of drug-likeness (QED) is 0.506. The largest absolute Gasteiger partial charge is 0.361 e. The monoisotopic (exact) mass is 304 g/mol. The molecular weight excluding hydrogens is 284 g/mol. The molecule has 0 amide bonds. The van der Waals surface area contributed by atoms with Crippen LogP contribution in [0.2, 0.25) is 0 Å². The van der Waals surface area contributed by atoms with Crippen molar-refractivity contribution in [2.75, 3.05) is 0 Å². The van der Waals surface area contributed by atoms with E-state index in [1.807, 2.05) is 67.7 Å². The third kappa shape index (κ3) is 2.82. The van der Waals surface area contributed by atoms with Crippen LogP contribution < -0.4 is 0 Å². The van der Waals surface area contributed by atoms with Gasteiger partial charge >= 0.3 is 0 Å². The van der Waals surface area contributed by atoms with Crippen molar-refractivity contribution in [2.45, 2.75) is 19.8 Å². The Kier molecular flexibility index (Phi) is 4.11. The topological polar surface area (TPSA) is 56.7 Å². The van der Waals surface area contributed by atoms with Crippen LogP contribution in [0.5, 0.6) is 0 Å². The summed E-state index contributed by atoms with van der Waals surface area (Å²) in [5, 5.41) is 8.94. The van der Waals surface area contributed by atoms with Gasteiger partial charge in [-0.1, -0.05) is 37.3 Å². The summed E-state index contributed by atoms with van der Waals surface area (Å²) in [6, 6.07) is 17.6. The predicted octanol–water partition coefficient (Wildman–Crippen LogP) is 4.64. The third-order valence-electron chi connectivity index (χ3n) is 4.54. The Hall–Kier alpha value is -2.68. The highest BCUT2D eigenvalue weighted by Gasteiger charge is 2.35. The van der Waals surface area contributed by atoms with Crippen molar-refractivity contribution in [3.63, 3.8) is 0 Å². The molecule has 3 rings (SSSR count). The summed E-state index contributed by atoms with van der Waals surface area (Å²) < 4.78 is 0. The maximum absolute atomic E-state index is 13.1. The highest BCUT2D eigenvalue weighted by Crippen LogP contribution is 2.30. The number of carbonyl (C=O) groups excluding carboxylic acids is 1. The van der Waals surface area contributed by atoms with Crippen molar-refractivity contribution in [3.8, 4) is 0 Å². The van der Waals surface area contributed by atoms with Gasteiger partial charge in [-0.15, -0.1) is 0 Å². The second kappa shape index (κ2) is 6.21. The number of nitrogens with one attached hydrogen (secondary N) is 2. The van der Waals surface area contributed by atoms with Gasteiger partial charge in [0.1, 0.15) is 0 Å². The van der Waals surface area contributed by atoms with Crippen LogP contribution in [0.1, 0.15) is 29.3 Å². The molecule has 2 aromatic carbocycles. The summed E-state index contributed by atoms with van der Waals surface area (Å²) in [6.07, 6.45) is 4.35. The average molecular weight is 304 g/mol. The standard InChI is InChI=1S/C20H20N2O/c1-2-20(14-21,13-15-6-4-3-5-7-15)19(23)17-8-9-18-16(12-17)10-11-22-18/h3-12,14,21-22H,2,13H2,1H3/t20-/m1/s1. The number of H-pyrrole nitrogens is 1. The minimum absolute atomic E-state index is 0.0157. The fourth-order valence-corrected chi connectivity index (χ4v) is 3.03. The number of carbonyl (C=O) groups is 1. The molecule has 0 spiro atoms. The van der Waals surface area contributed by atoms with Gasteiger partial charge in [-0.25, -0.2) is 0 Å². The molecule has 0 saturated heterocycles. The van der Waals surface area contributed by atoms with Crippen LogP contribution in [0.15, 0.2) is 60.8 Å². The first-order chi connectivity index (χ1) is 11.2. The molecule has 1 heterocycles. The van der Waals surface area contributed by atoms with Gasteiger partial charge in [0.15, 0.2) is 5.78 Å². The van der Waals surface area contributed by atoms with E-state index in [2.05, 4.69) is 4.98 Å². The van der Waals surface area contributed by atoms with Crippen LogP contribution in [0.3, 0.4) is 0 Å². The summed E-state index contributed by atoms with van der Waals surface area (Å²) in [5.74, 6) is 0.0157. The minimum Gasteiger partial charge on any atom is -0.361 e. The van der Waals surface area contributed by atoms with Crippen LogP contribution in [-0.2, 0) is 6.42 Å². The molecule has 23 heavy (non-hydrogen) atoms. The van der Waals surface area contributed by atoms with E-state index >= 15 is 0 Å². The first-order valence-corrected chi connectivity index (χ1v) is 7.86. The summed E-state index contributed by atoms with van der Waals surface area (Å²) >= 11 is 0. The molecule has 3 heteroatoms. The molecule has 0 unspecified atom stereocenters. The summed E-state index contributed by atoms with van der Waals surface area (Å²) in [5.41, 5.74) is 1.97. The number of hydrogen-bond acceptors (Lipinski definition) is 2. The van der Waals surface area contributed by atoms with Crippen LogP contribution in [0, 0.1) is 10.8 Å². The Bertz CT molecular complexity index is 835. The van der Waals surface area contributed by atoms with Gasteiger partial charge in [-0.2, -0.15) is 0 Å². The molecule has 3 aromatic rings. The molecule has 0 aliphatic heterocycles. The normalized spacial score (nSPS) is 13.6. The summed E-state index contributed by atoms with van der Waals surface area (Å²) in [4.78, 5) is 16.3. The molecule has 0 bridgehead atoms. The van der Waals surface area contributed by atoms with Gasteiger partial charge in [0, 0.05) is 28.9 Å². The van der Waals surface area contributed by atoms with Gasteiger partial charge in [-0.05, 0) is 42.7 Å². The Morgan fingerprint density at radius 1 is 1.17 bits per heavy atom. The van der Waals surface area contributed by atoms with Crippen LogP contribution in [-0.4, -0.2) is 17.0 Å². The highest BCUT2D eigenvalue weighted by molar-refractivity contribution is 6.10. The summed E-state index contributed by atoms with van der Waals surface area (Å²) in [7, 11) is 0. The maximum Gasteiger partial charge on any atom is 0.174 e. The lowest BCUT2D eigenvalue weighted by molar-refractivity contribution is 0.0870. The highest BCUT2D eigenvalue weighted by atomic mass is 16.1. The van der Waals surface area contributed by atoms with Gasteiger partial charge in [0.25, 0.3) is 0 Å². The second-order valence-corrected chi connectivity index (χ2v) is 5.93. The van der Waals surface area contributed by atoms with E-state index in [4.69, 9.17) is 5.41 Å². The van der Waals surface area contributed by atoms with E-state index < -0.39 is 5.41 Å². The number of benzene rings is 2. The van der Waals surface area contributed by atoms with Crippen molar-refractivity contribution in [3.05, 3.63) is 71.9 Å². The van der Waals surface area contributed by atoms with E-state index in [1.54, 1.807) is 0 Å². The molecule has 1 atom stereocenters. The second-order valence-electron chi connectivity index (χ2n) is 5.93. The first-order valence-electron chi connectivity index (χ1n) is 7.86. The molecule has 0 aliphatic rings. The number of ketones is 1. The van der Waals surface area contributed by atoms with Gasteiger partial charge < -0.3 is 10.4 Å². The van der Waals surface area contributed by atoms with E-state index in [0.717, 1.165) is 16.5 Å². The zero-order valence-corrected chi connectivity index (χ0v) is 13.2. The van der Waals surface area contributed by atoms with Crippen molar-refractivity contribution < 1.29 is 4.79 Å². The fraction of sp³-hybridized carbons (Fsp3) is 0.200. The molecule has 116 valence electrons. The lowest BCUT2D eigenvalue weighted by Crippen LogP contribution is -2.34. The van der Waals surface area contributed by atoms with Crippen LogP contribution >= 0.6 is 0 Å². The van der Waals surface area contributed by atoms with Gasteiger partial charge in [0.2, 0.25) is 0 Å². The summed E-state index contributed by atoms with van der Waals surface area (Å²) in [6.45, 7) is 1.97. The Labute approximate surface area is 135 Å². The molecule has 3 nitrogen and oxygen atoms in total. The first kappa shape index (κ1) is 15.2. The van der Waals surface area contributed by atoms with E-state index in [9.17, 15) is 4.79 Å². The molecular formula is C20H20N2O.